The van der Waals surface area contributed by atoms with Crippen LogP contribution in [0.3, 0.4) is 0 Å². The second-order valence-electron chi connectivity index (χ2n) is 3.95. The number of hydrogen-bond acceptors (Lipinski definition) is 2. The molecule has 2 rings (SSSR count). The molecule has 5 heteroatoms. The first kappa shape index (κ1) is 11.2. The second kappa shape index (κ2) is 3.93. The van der Waals surface area contributed by atoms with Gasteiger partial charge in [0.25, 0.3) is 5.56 Å². The fourth-order valence-electron chi connectivity index (χ4n) is 1.78. The molecule has 0 aliphatic rings. The Morgan fingerprint density at radius 1 is 1.24 bits per heavy atom. The van der Waals surface area contributed by atoms with Crippen molar-refractivity contribution in [3.05, 3.63) is 45.4 Å². The van der Waals surface area contributed by atoms with E-state index in [9.17, 15) is 9.59 Å². The van der Waals surface area contributed by atoms with Gasteiger partial charge in [0.05, 0.1) is 5.56 Å². The number of aryl methyl sites for hydroxylation is 2. The summed E-state index contributed by atoms with van der Waals surface area (Å²) in [7, 11) is 0. The van der Waals surface area contributed by atoms with E-state index in [2.05, 4.69) is 10.2 Å². The Morgan fingerprint density at radius 2 is 1.94 bits per heavy atom. The first-order chi connectivity index (χ1) is 8.00. The number of nitrogens with one attached hydrogen (secondary N) is 2. The Hall–Kier alpha value is -2.30. The van der Waals surface area contributed by atoms with Crippen LogP contribution in [0.2, 0.25) is 0 Å². The number of carboxylic acids is 1. The van der Waals surface area contributed by atoms with E-state index in [1.165, 1.54) is 0 Å². The molecule has 0 radical (unpaired) electrons. The topological polar surface area (TPSA) is 85.9 Å². The zero-order valence-corrected chi connectivity index (χ0v) is 9.50. The van der Waals surface area contributed by atoms with Crippen LogP contribution in [-0.4, -0.2) is 21.3 Å². The predicted octanol–water partition coefficient (Wildman–Crippen LogP) is 1.69. The van der Waals surface area contributed by atoms with Gasteiger partial charge in [-0.2, -0.15) is 0 Å². The summed E-state index contributed by atoms with van der Waals surface area (Å²) in [5, 5.41) is 13.7. The highest BCUT2D eigenvalue weighted by Crippen LogP contribution is 2.23. The Morgan fingerprint density at radius 3 is 2.59 bits per heavy atom. The lowest BCUT2D eigenvalue weighted by Crippen LogP contribution is -2.06. The highest BCUT2D eigenvalue weighted by atomic mass is 16.4. The van der Waals surface area contributed by atoms with Crippen molar-refractivity contribution in [2.24, 2.45) is 0 Å². The lowest BCUT2D eigenvalue weighted by molar-refractivity contribution is 0.0691. The molecule has 0 unspecified atom stereocenters. The lowest BCUT2D eigenvalue weighted by Gasteiger charge is -2.05. The molecule has 0 spiro atoms. The molecule has 88 valence electrons. The normalized spacial score (nSPS) is 10.5. The van der Waals surface area contributed by atoms with Gasteiger partial charge in [0.2, 0.25) is 0 Å². The highest BCUT2D eigenvalue weighted by molar-refractivity contribution is 5.94. The molecular weight excluding hydrogens is 220 g/mol. The molecule has 5 nitrogen and oxygen atoms in total. The van der Waals surface area contributed by atoms with Crippen molar-refractivity contribution < 1.29 is 9.90 Å². The third kappa shape index (κ3) is 1.87. The van der Waals surface area contributed by atoms with E-state index in [4.69, 9.17) is 5.11 Å². The van der Waals surface area contributed by atoms with E-state index in [1.807, 2.05) is 26.0 Å². The zero-order valence-electron chi connectivity index (χ0n) is 9.50. The van der Waals surface area contributed by atoms with E-state index < -0.39 is 11.5 Å². The molecule has 0 aliphatic carbocycles. The maximum absolute atomic E-state index is 11.7. The van der Waals surface area contributed by atoms with E-state index in [1.54, 1.807) is 6.07 Å². The van der Waals surface area contributed by atoms with Gasteiger partial charge in [-0.3, -0.25) is 15.0 Å². The number of carbonyl (C=O) groups is 1. The lowest BCUT2D eigenvalue weighted by atomic mass is 9.99. The average Bonchev–Trinajstić information content (AvgIpc) is 2.64. The number of aromatic carboxylic acids is 1. The smallest absolute Gasteiger partial charge is 0.354 e. The van der Waals surface area contributed by atoms with E-state index >= 15 is 0 Å². The van der Waals surface area contributed by atoms with Gasteiger partial charge in [-0.05, 0) is 25.0 Å². The minimum absolute atomic E-state index is 0.108. The molecule has 1 heterocycles. The molecule has 0 amide bonds. The quantitative estimate of drug-likeness (QED) is 0.736. The Kier molecular flexibility index (Phi) is 2.59. The van der Waals surface area contributed by atoms with Crippen LogP contribution in [0.4, 0.5) is 0 Å². The minimum atomic E-state index is -1.15. The summed E-state index contributed by atoms with van der Waals surface area (Å²) in [5.74, 6) is -1.15. The van der Waals surface area contributed by atoms with Crippen LogP contribution in [-0.2, 0) is 0 Å². The predicted molar refractivity (Wildman–Crippen MR) is 63.3 cm³/mol. The number of H-pyrrole nitrogens is 2. The molecule has 17 heavy (non-hydrogen) atoms. The van der Waals surface area contributed by atoms with E-state index in [-0.39, 0.29) is 11.3 Å². The maximum atomic E-state index is 11.7. The van der Waals surface area contributed by atoms with Gasteiger partial charge in [-0.15, -0.1) is 0 Å². The van der Waals surface area contributed by atoms with Crippen molar-refractivity contribution in [1.82, 2.24) is 10.2 Å². The molecule has 3 N–H and O–H groups in total. The summed E-state index contributed by atoms with van der Waals surface area (Å²) in [6, 6.07) is 5.59. The van der Waals surface area contributed by atoms with Gasteiger partial charge in [0.1, 0.15) is 0 Å². The third-order valence-corrected chi connectivity index (χ3v) is 2.65. The molecule has 1 aromatic heterocycles. The van der Waals surface area contributed by atoms with Crippen LogP contribution in [0, 0.1) is 13.8 Å². The van der Waals surface area contributed by atoms with Crippen molar-refractivity contribution >= 4 is 5.97 Å². The maximum Gasteiger partial charge on any atom is 0.354 e. The van der Waals surface area contributed by atoms with E-state index in [0.29, 0.717) is 5.56 Å². The Balaban J connectivity index is 2.76. The summed E-state index contributed by atoms with van der Waals surface area (Å²) in [4.78, 5) is 22.7. The van der Waals surface area contributed by atoms with Gasteiger partial charge in [0, 0.05) is 0 Å². The summed E-state index contributed by atoms with van der Waals surface area (Å²) in [6.45, 7) is 3.73. The number of hydrogen-bond donors (Lipinski definition) is 3. The molecule has 0 bridgehead atoms. The Labute approximate surface area is 97.1 Å². The number of aromatic amines is 2. The molecule has 0 atom stereocenters. The fraction of sp³-hybridized carbons (Fsp3) is 0.167. The van der Waals surface area contributed by atoms with Crippen molar-refractivity contribution in [2.75, 3.05) is 0 Å². The van der Waals surface area contributed by atoms with Crippen molar-refractivity contribution in [3.63, 3.8) is 0 Å². The van der Waals surface area contributed by atoms with Crippen molar-refractivity contribution in [2.45, 2.75) is 13.8 Å². The molecular formula is C12H12N2O3. The molecule has 0 aliphatic heterocycles. The SMILES string of the molecule is Cc1ccc(C)c(-c2c(C(=O)O)[nH][nH]c2=O)c1. The summed E-state index contributed by atoms with van der Waals surface area (Å²) in [6.07, 6.45) is 0. The van der Waals surface area contributed by atoms with Crippen LogP contribution >= 0.6 is 0 Å². The van der Waals surface area contributed by atoms with Gasteiger partial charge in [-0.25, -0.2) is 4.79 Å². The minimum Gasteiger partial charge on any atom is -0.477 e. The fourth-order valence-corrected chi connectivity index (χ4v) is 1.78. The zero-order chi connectivity index (χ0) is 12.6. The molecule has 2 aromatic rings. The number of rotatable bonds is 2. The summed E-state index contributed by atoms with van der Waals surface area (Å²) < 4.78 is 0. The first-order valence-electron chi connectivity index (χ1n) is 5.12. The number of carboxylic acid groups (broad SMARTS) is 1. The monoisotopic (exact) mass is 232 g/mol. The van der Waals surface area contributed by atoms with Gasteiger partial charge < -0.3 is 5.11 Å². The molecule has 0 fully saturated rings. The molecule has 1 aromatic carbocycles. The van der Waals surface area contributed by atoms with Gasteiger partial charge >= 0.3 is 5.97 Å². The first-order valence-corrected chi connectivity index (χ1v) is 5.12. The summed E-state index contributed by atoms with van der Waals surface area (Å²) >= 11 is 0. The third-order valence-electron chi connectivity index (χ3n) is 2.65. The largest absolute Gasteiger partial charge is 0.477 e. The summed E-state index contributed by atoms with van der Waals surface area (Å²) in [5.41, 5.74) is 2.13. The second-order valence-corrected chi connectivity index (χ2v) is 3.95. The van der Waals surface area contributed by atoms with Crippen LogP contribution in [0.15, 0.2) is 23.0 Å². The Bertz CT molecular complexity index is 637. The van der Waals surface area contributed by atoms with Crippen LogP contribution in [0.5, 0.6) is 0 Å². The molecule has 0 saturated heterocycles. The standard InChI is InChI=1S/C12H12N2O3/c1-6-3-4-7(2)8(5-6)9-10(12(16)17)13-14-11(9)15/h3-5H,1-2H3,(H,16,17)(H2,13,14,15). The van der Waals surface area contributed by atoms with Gasteiger partial charge in [0.15, 0.2) is 5.69 Å². The number of aromatic nitrogens is 2. The average molecular weight is 232 g/mol. The molecule has 0 saturated carbocycles. The van der Waals surface area contributed by atoms with Gasteiger partial charge in [-0.1, -0.05) is 23.8 Å². The van der Waals surface area contributed by atoms with Crippen LogP contribution in [0.1, 0.15) is 21.6 Å². The number of benzene rings is 1. The van der Waals surface area contributed by atoms with Crippen LogP contribution < -0.4 is 5.56 Å². The van der Waals surface area contributed by atoms with Crippen LogP contribution in [0.25, 0.3) is 11.1 Å². The van der Waals surface area contributed by atoms with Crippen molar-refractivity contribution in [3.8, 4) is 11.1 Å². The van der Waals surface area contributed by atoms with E-state index in [0.717, 1.165) is 11.1 Å². The van der Waals surface area contributed by atoms with Crippen molar-refractivity contribution in [1.29, 1.82) is 0 Å². The highest BCUT2D eigenvalue weighted by Gasteiger charge is 2.19.